The van der Waals surface area contributed by atoms with E-state index in [2.05, 4.69) is 10.2 Å². The number of ether oxygens (including phenoxy) is 1. The number of piperidine rings is 3. The number of nitrogens with one attached hydrogen (secondary N) is 1. The molecule has 4 aliphatic heterocycles. The van der Waals surface area contributed by atoms with E-state index in [0.29, 0.717) is 27.9 Å². The molecule has 1 atom stereocenters. The molecular formula is C23H26ClN3O6S. The first-order chi connectivity index (χ1) is 16.1. The number of carbonyl (C=O) groups excluding carboxylic acids is 2. The number of rotatable bonds is 3. The molecule has 0 aliphatic carbocycles. The maximum absolute atomic E-state index is 12.8. The fourth-order valence-corrected chi connectivity index (χ4v) is 5.19. The van der Waals surface area contributed by atoms with Crippen molar-refractivity contribution in [3.63, 3.8) is 0 Å². The maximum Gasteiger partial charge on any atom is 0.294 e. The van der Waals surface area contributed by atoms with Crippen LogP contribution in [0.15, 0.2) is 47.4 Å². The minimum atomic E-state index is -4.00. The molecule has 2 N–H and O–H groups in total. The summed E-state index contributed by atoms with van der Waals surface area (Å²) in [6.07, 6.45) is 2.26. The van der Waals surface area contributed by atoms with Gasteiger partial charge in [-0.3, -0.25) is 14.1 Å². The lowest BCUT2D eigenvalue weighted by atomic mass is 9.84. The van der Waals surface area contributed by atoms with Gasteiger partial charge >= 0.3 is 0 Å². The van der Waals surface area contributed by atoms with E-state index in [1.165, 1.54) is 17.0 Å². The van der Waals surface area contributed by atoms with Crippen LogP contribution in [0.2, 0.25) is 5.02 Å². The van der Waals surface area contributed by atoms with E-state index in [4.69, 9.17) is 20.9 Å². The van der Waals surface area contributed by atoms with E-state index in [1.807, 2.05) is 0 Å². The third-order valence-electron chi connectivity index (χ3n) is 6.37. The van der Waals surface area contributed by atoms with Crippen LogP contribution in [0.25, 0.3) is 0 Å². The minimum absolute atomic E-state index is 0.0642. The Morgan fingerprint density at radius 3 is 2.41 bits per heavy atom. The molecule has 0 spiro atoms. The summed E-state index contributed by atoms with van der Waals surface area (Å²) in [6.45, 7) is 3.09. The van der Waals surface area contributed by atoms with Crippen LogP contribution >= 0.6 is 11.6 Å². The van der Waals surface area contributed by atoms with Crippen molar-refractivity contribution in [1.29, 1.82) is 0 Å². The van der Waals surface area contributed by atoms with Gasteiger partial charge in [0.05, 0.1) is 16.1 Å². The van der Waals surface area contributed by atoms with Crippen molar-refractivity contribution in [1.82, 2.24) is 10.2 Å². The predicted molar refractivity (Wildman–Crippen MR) is 127 cm³/mol. The molecule has 4 aliphatic rings. The Labute approximate surface area is 203 Å². The number of hydrogen-bond donors (Lipinski definition) is 2. The molecule has 2 aromatic carbocycles. The van der Waals surface area contributed by atoms with Gasteiger partial charge in [-0.05, 0) is 56.1 Å². The molecular weight excluding hydrogens is 482 g/mol. The summed E-state index contributed by atoms with van der Waals surface area (Å²) in [7, 11) is -2.34. The number of hydrogen-bond acceptors (Lipinski definition) is 6. The lowest BCUT2D eigenvalue weighted by Crippen LogP contribution is -2.57. The smallest absolute Gasteiger partial charge is 0.294 e. The molecule has 0 aromatic heterocycles. The van der Waals surface area contributed by atoms with Gasteiger partial charge in [0, 0.05) is 24.7 Å². The van der Waals surface area contributed by atoms with E-state index >= 15 is 0 Å². The van der Waals surface area contributed by atoms with Crippen molar-refractivity contribution >= 4 is 39.2 Å². The fraction of sp³-hybridized carbons (Fsp3) is 0.391. The highest BCUT2D eigenvalue weighted by atomic mass is 35.5. The van der Waals surface area contributed by atoms with Gasteiger partial charge in [0.1, 0.15) is 0 Å². The summed E-state index contributed by atoms with van der Waals surface area (Å²) < 4.78 is 34.8. The van der Waals surface area contributed by atoms with E-state index in [1.54, 1.807) is 37.4 Å². The number of benzene rings is 2. The molecule has 2 amide bonds. The summed E-state index contributed by atoms with van der Waals surface area (Å²) in [5.41, 5.74) is 0.936. The largest absolute Gasteiger partial charge is 0.481 e. The zero-order valence-electron chi connectivity index (χ0n) is 18.6. The van der Waals surface area contributed by atoms with E-state index in [9.17, 15) is 18.0 Å². The minimum Gasteiger partial charge on any atom is -0.481 e. The van der Waals surface area contributed by atoms with Crippen LogP contribution in [0, 0.1) is 5.92 Å². The number of likely N-dealkylation sites (N-methyl/N-ethyl adjacent to an activating group) is 1. The Morgan fingerprint density at radius 2 is 1.85 bits per heavy atom. The van der Waals surface area contributed by atoms with Crippen LogP contribution in [0.4, 0.5) is 5.69 Å². The monoisotopic (exact) mass is 507 g/mol. The summed E-state index contributed by atoms with van der Waals surface area (Å²) in [6, 6.07) is 10.9. The number of nitrogens with zero attached hydrogens (tertiary/aromatic N) is 2. The number of anilines is 1. The van der Waals surface area contributed by atoms with Crippen molar-refractivity contribution in [2.24, 2.45) is 5.92 Å². The Kier molecular flexibility index (Phi) is 7.13. The average molecular weight is 508 g/mol. The van der Waals surface area contributed by atoms with Crippen LogP contribution in [0.1, 0.15) is 23.2 Å². The molecule has 11 heteroatoms. The third-order valence-corrected chi connectivity index (χ3v) is 7.45. The molecule has 2 bridgehead atoms. The fourth-order valence-electron chi connectivity index (χ4n) is 4.48. The highest BCUT2D eigenvalue weighted by Gasteiger charge is 2.36. The van der Waals surface area contributed by atoms with Crippen LogP contribution in [0.5, 0.6) is 5.75 Å². The second-order valence-electron chi connectivity index (χ2n) is 8.55. The molecule has 34 heavy (non-hydrogen) atoms. The molecule has 0 saturated carbocycles. The van der Waals surface area contributed by atoms with E-state index in [0.717, 1.165) is 32.5 Å². The van der Waals surface area contributed by atoms with Gasteiger partial charge < -0.3 is 19.9 Å². The highest BCUT2D eigenvalue weighted by Crippen LogP contribution is 2.38. The first kappa shape index (κ1) is 24.5. The highest BCUT2D eigenvalue weighted by molar-refractivity contribution is 7.85. The molecule has 182 valence electrons. The van der Waals surface area contributed by atoms with Gasteiger partial charge in [-0.25, -0.2) is 0 Å². The Balaban J connectivity index is 0.000000231. The third kappa shape index (κ3) is 5.35. The predicted octanol–water partition coefficient (Wildman–Crippen LogP) is 2.45. The molecule has 0 radical (unpaired) electrons. The van der Waals surface area contributed by atoms with Gasteiger partial charge in [-0.1, -0.05) is 29.8 Å². The molecule has 6 rings (SSSR count). The van der Waals surface area contributed by atoms with Crippen molar-refractivity contribution in [3.8, 4) is 5.75 Å². The number of amides is 2. The molecule has 9 nitrogen and oxygen atoms in total. The molecule has 4 heterocycles. The van der Waals surface area contributed by atoms with Gasteiger partial charge in [0.15, 0.2) is 12.4 Å². The number of fused-ring (bicyclic) bond motifs is 4. The Bertz CT molecular complexity index is 1180. The number of halogens is 1. The van der Waals surface area contributed by atoms with Gasteiger partial charge in [-0.2, -0.15) is 8.42 Å². The standard InChI is InChI=1S/C17H20ClN3O3.C6H6O3S/c1-20-14-7-11(18)6-12(16(14)24-9-15(20)22)17(23)19-13-8-21-4-2-10(13)3-5-21;7-10(8,9)6-4-2-1-3-5-6/h6-7,10,13H,2-5,8-9H2,1H3,(H,19,23);1-5H,(H,7,8,9). The lowest BCUT2D eigenvalue weighted by Gasteiger charge is -2.45. The van der Waals surface area contributed by atoms with Crippen molar-refractivity contribution in [2.45, 2.75) is 23.8 Å². The topological polar surface area (TPSA) is 116 Å². The lowest BCUT2D eigenvalue weighted by molar-refractivity contribution is -0.121. The van der Waals surface area contributed by atoms with E-state index in [-0.39, 0.29) is 29.4 Å². The summed E-state index contributed by atoms with van der Waals surface area (Å²) >= 11 is 6.16. The van der Waals surface area contributed by atoms with E-state index < -0.39 is 10.1 Å². The second kappa shape index (κ2) is 9.91. The van der Waals surface area contributed by atoms with Crippen molar-refractivity contribution in [3.05, 3.63) is 53.1 Å². The van der Waals surface area contributed by atoms with Crippen molar-refractivity contribution < 1.29 is 27.3 Å². The zero-order chi connectivity index (χ0) is 24.5. The quantitative estimate of drug-likeness (QED) is 0.613. The van der Waals surface area contributed by atoms with Crippen LogP contribution in [-0.2, 0) is 14.9 Å². The normalized spacial score (nSPS) is 23.3. The Morgan fingerprint density at radius 1 is 1.18 bits per heavy atom. The summed E-state index contributed by atoms with van der Waals surface area (Å²) in [5, 5.41) is 3.56. The SMILES string of the molecule is CN1C(=O)COc2c(C(=O)NC3CN4CCC3CC4)cc(Cl)cc21.O=S(=O)(O)c1ccccc1. The second-order valence-corrected chi connectivity index (χ2v) is 10.4. The first-order valence-corrected chi connectivity index (χ1v) is 12.7. The Hall–Kier alpha value is -2.66. The van der Waals surface area contributed by atoms with Crippen LogP contribution < -0.4 is 15.0 Å². The molecule has 2 aromatic rings. The van der Waals surface area contributed by atoms with Gasteiger partial charge in [0.25, 0.3) is 21.9 Å². The summed E-state index contributed by atoms with van der Waals surface area (Å²) in [4.78, 5) is 28.4. The molecule has 1 unspecified atom stereocenters. The number of carbonyl (C=O) groups is 2. The zero-order valence-corrected chi connectivity index (χ0v) is 20.2. The average Bonchev–Trinajstić information content (AvgIpc) is 2.82. The summed E-state index contributed by atoms with van der Waals surface area (Å²) in [5.74, 6) is 0.628. The van der Waals surface area contributed by atoms with Crippen molar-refractivity contribution in [2.75, 3.05) is 38.2 Å². The van der Waals surface area contributed by atoms with Crippen LogP contribution in [0.3, 0.4) is 0 Å². The van der Waals surface area contributed by atoms with Crippen LogP contribution in [-0.4, -0.2) is 69.0 Å². The first-order valence-electron chi connectivity index (χ1n) is 10.9. The van der Waals surface area contributed by atoms with Gasteiger partial charge in [-0.15, -0.1) is 0 Å². The molecule has 3 saturated heterocycles. The van der Waals surface area contributed by atoms with Gasteiger partial charge in [0.2, 0.25) is 0 Å². The maximum atomic E-state index is 12.8. The molecule has 3 fully saturated rings.